The molecule has 1 aromatic carbocycles. The van der Waals surface area contributed by atoms with Gasteiger partial charge in [0.1, 0.15) is 0 Å². The summed E-state index contributed by atoms with van der Waals surface area (Å²) in [4.78, 5) is 6.99. The van der Waals surface area contributed by atoms with Crippen molar-refractivity contribution in [2.75, 3.05) is 53.1 Å². The molecule has 3 rings (SSSR count). The van der Waals surface area contributed by atoms with Gasteiger partial charge in [-0.05, 0) is 37.8 Å². The van der Waals surface area contributed by atoms with Crippen molar-refractivity contribution >= 4 is 29.9 Å². The molecule has 2 saturated heterocycles. The first-order valence-electron chi connectivity index (χ1n) is 11.2. The molecule has 2 fully saturated rings. The summed E-state index contributed by atoms with van der Waals surface area (Å²) >= 11 is 0. The highest BCUT2D eigenvalue weighted by Gasteiger charge is 2.22. The number of aliphatic imine (C=N–C) groups is 1. The summed E-state index contributed by atoms with van der Waals surface area (Å²) in [6.45, 7) is 7.38. The number of likely N-dealkylation sites (tertiary alicyclic amines) is 1. The van der Waals surface area contributed by atoms with Gasteiger partial charge in [0.05, 0.1) is 13.2 Å². The van der Waals surface area contributed by atoms with E-state index in [0.29, 0.717) is 12.0 Å². The highest BCUT2D eigenvalue weighted by molar-refractivity contribution is 14.0. The lowest BCUT2D eigenvalue weighted by Gasteiger charge is -2.36. The van der Waals surface area contributed by atoms with Gasteiger partial charge < -0.3 is 20.1 Å². The molecule has 1 aromatic rings. The van der Waals surface area contributed by atoms with Gasteiger partial charge in [-0.1, -0.05) is 36.8 Å². The van der Waals surface area contributed by atoms with Gasteiger partial charge in [-0.3, -0.25) is 9.89 Å². The first-order chi connectivity index (χ1) is 14.3. The third-order valence-electron chi connectivity index (χ3n) is 5.84. The molecule has 170 valence electrons. The summed E-state index contributed by atoms with van der Waals surface area (Å²) in [5, 5.41) is 6.95. The number of nitrogens with zero attached hydrogens (tertiary/aromatic N) is 2. The van der Waals surface area contributed by atoms with Crippen LogP contribution in [0.25, 0.3) is 0 Å². The minimum absolute atomic E-state index is 0. The second-order valence-corrected chi connectivity index (χ2v) is 8.14. The number of guanidine groups is 1. The number of piperidine rings is 1. The third-order valence-corrected chi connectivity index (χ3v) is 5.84. The summed E-state index contributed by atoms with van der Waals surface area (Å²) in [6, 6.07) is 11.3. The van der Waals surface area contributed by atoms with Crippen LogP contribution in [0, 0.1) is 5.92 Å². The Bertz CT molecular complexity index is 596. The SMILES string of the molecule is CN=C(NCCCOCC1CCOC1)NCC1CCCCN1Cc1ccccc1.I. The van der Waals surface area contributed by atoms with Crippen molar-refractivity contribution in [2.45, 2.75) is 44.7 Å². The molecule has 0 aromatic heterocycles. The molecule has 7 heteroatoms. The number of hydrogen-bond acceptors (Lipinski definition) is 4. The average molecular weight is 530 g/mol. The Morgan fingerprint density at radius 2 is 2.07 bits per heavy atom. The minimum Gasteiger partial charge on any atom is -0.381 e. The van der Waals surface area contributed by atoms with Crippen LogP contribution in [-0.2, 0) is 16.0 Å². The average Bonchev–Trinajstić information content (AvgIpc) is 3.28. The zero-order valence-corrected chi connectivity index (χ0v) is 20.7. The van der Waals surface area contributed by atoms with Crippen molar-refractivity contribution in [1.29, 1.82) is 0 Å². The molecular formula is C23H39IN4O2. The minimum atomic E-state index is 0. The predicted molar refractivity (Wildman–Crippen MR) is 134 cm³/mol. The Morgan fingerprint density at radius 3 is 2.83 bits per heavy atom. The molecule has 0 saturated carbocycles. The van der Waals surface area contributed by atoms with Crippen LogP contribution in [0.2, 0.25) is 0 Å². The van der Waals surface area contributed by atoms with Crippen molar-refractivity contribution in [3.8, 4) is 0 Å². The summed E-state index contributed by atoms with van der Waals surface area (Å²) in [5.74, 6) is 1.48. The van der Waals surface area contributed by atoms with Crippen LogP contribution in [0.5, 0.6) is 0 Å². The molecule has 2 heterocycles. The van der Waals surface area contributed by atoms with E-state index in [1.165, 1.54) is 31.4 Å². The molecule has 6 nitrogen and oxygen atoms in total. The van der Waals surface area contributed by atoms with Crippen molar-refractivity contribution in [1.82, 2.24) is 15.5 Å². The summed E-state index contributed by atoms with van der Waals surface area (Å²) in [6.07, 6.45) is 5.97. The monoisotopic (exact) mass is 530 g/mol. The number of hydrogen-bond donors (Lipinski definition) is 2. The van der Waals surface area contributed by atoms with Crippen LogP contribution in [0.1, 0.15) is 37.7 Å². The zero-order valence-electron chi connectivity index (χ0n) is 18.4. The van der Waals surface area contributed by atoms with Crippen molar-refractivity contribution < 1.29 is 9.47 Å². The molecule has 2 aliphatic rings. The van der Waals surface area contributed by atoms with Crippen LogP contribution in [0.4, 0.5) is 0 Å². The quantitative estimate of drug-likeness (QED) is 0.211. The fourth-order valence-electron chi connectivity index (χ4n) is 4.10. The predicted octanol–water partition coefficient (Wildman–Crippen LogP) is 3.27. The summed E-state index contributed by atoms with van der Waals surface area (Å²) < 4.78 is 11.2. The van der Waals surface area contributed by atoms with E-state index in [0.717, 1.165) is 64.9 Å². The Kier molecular flexibility index (Phi) is 12.7. The van der Waals surface area contributed by atoms with E-state index in [1.54, 1.807) is 0 Å². The van der Waals surface area contributed by atoms with Gasteiger partial charge in [0.25, 0.3) is 0 Å². The fourth-order valence-corrected chi connectivity index (χ4v) is 4.10. The van der Waals surface area contributed by atoms with E-state index in [4.69, 9.17) is 9.47 Å². The van der Waals surface area contributed by atoms with E-state index in [-0.39, 0.29) is 24.0 Å². The molecule has 2 aliphatic heterocycles. The van der Waals surface area contributed by atoms with E-state index in [2.05, 4.69) is 50.9 Å². The topological polar surface area (TPSA) is 58.1 Å². The molecule has 30 heavy (non-hydrogen) atoms. The first-order valence-corrected chi connectivity index (χ1v) is 11.2. The third kappa shape index (κ3) is 9.08. The van der Waals surface area contributed by atoms with E-state index < -0.39 is 0 Å². The Morgan fingerprint density at radius 1 is 1.20 bits per heavy atom. The molecule has 0 amide bonds. The largest absolute Gasteiger partial charge is 0.381 e. The van der Waals surface area contributed by atoms with Crippen LogP contribution in [0.15, 0.2) is 35.3 Å². The van der Waals surface area contributed by atoms with Crippen molar-refractivity contribution in [3.05, 3.63) is 35.9 Å². The van der Waals surface area contributed by atoms with E-state index >= 15 is 0 Å². The standard InChI is InChI=1S/C23H38N4O2.HI/c1-24-23(25-12-7-14-28-18-21-11-15-29-19-21)26-16-22-10-5-6-13-27(22)17-20-8-3-2-4-9-20;/h2-4,8-9,21-22H,5-7,10-19H2,1H3,(H2,24,25,26);1H. The van der Waals surface area contributed by atoms with Gasteiger partial charge in [0, 0.05) is 51.9 Å². The fraction of sp³-hybridized carbons (Fsp3) is 0.696. The lowest BCUT2D eigenvalue weighted by atomic mass is 10.0. The van der Waals surface area contributed by atoms with Crippen molar-refractivity contribution in [3.63, 3.8) is 0 Å². The summed E-state index contributed by atoms with van der Waals surface area (Å²) in [7, 11) is 1.84. The van der Waals surface area contributed by atoms with E-state index in [1.807, 2.05) is 7.05 Å². The van der Waals surface area contributed by atoms with Gasteiger partial charge in [0.2, 0.25) is 0 Å². The van der Waals surface area contributed by atoms with Crippen LogP contribution >= 0.6 is 24.0 Å². The maximum Gasteiger partial charge on any atom is 0.191 e. The molecule has 2 atom stereocenters. The first kappa shape index (κ1) is 25.4. The Hall–Kier alpha value is -0.900. The maximum absolute atomic E-state index is 5.77. The highest BCUT2D eigenvalue weighted by atomic mass is 127. The number of benzene rings is 1. The lowest BCUT2D eigenvalue weighted by molar-refractivity contribution is 0.0888. The molecular weight excluding hydrogens is 491 g/mol. The van der Waals surface area contributed by atoms with E-state index in [9.17, 15) is 0 Å². The molecule has 2 N–H and O–H groups in total. The van der Waals surface area contributed by atoms with Gasteiger partial charge in [-0.15, -0.1) is 24.0 Å². The van der Waals surface area contributed by atoms with Gasteiger partial charge in [0.15, 0.2) is 5.96 Å². The number of halogens is 1. The van der Waals surface area contributed by atoms with Gasteiger partial charge >= 0.3 is 0 Å². The van der Waals surface area contributed by atoms with Crippen LogP contribution in [-0.4, -0.2) is 70.0 Å². The van der Waals surface area contributed by atoms with Crippen LogP contribution < -0.4 is 10.6 Å². The van der Waals surface area contributed by atoms with Crippen LogP contribution in [0.3, 0.4) is 0 Å². The molecule has 0 spiro atoms. The molecule has 0 aliphatic carbocycles. The molecule has 2 unspecified atom stereocenters. The maximum atomic E-state index is 5.77. The highest BCUT2D eigenvalue weighted by Crippen LogP contribution is 2.19. The van der Waals surface area contributed by atoms with Crippen molar-refractivity contribution in [2.24, 2.45) is 10.9 Å². The Balaban J connectivity index is 0.00000320. The smallest absolute Gasteiger partial charge is 0.191 e. The second-order valence-electron chi connectivity index (χ2n) is 8.14. The van der Waals surface area contributed by atoms with Gasteiger partial charge in [-0.25, -0.2) is 0 Å². The number of rotatable bonds is 10. The number of nitrogens with one attached hydrogen (secondary N) is 2. The van der Waals surface area contributed by atoms with Gasteiger partial charge in [-0.2, -0.15) is 0 Å². The lowest BCUT2D eigenvalue weighted by Crippen LogP contribution is -2.49. The zero-order chi connectivity index (χ0) is 20.2. The second kappa shape index (κ2) is 15.0. The normalized spacial score (nSPS) is 22.5. The Labute approximate surface area is 199 Å². The number of ether oxygens (including phenoxy) is 2. The molecule has 0 bridgehead atoms. The summed E-state index contributed by atoms with van der Waals surface area (Å²) in [5.41, 5.74) is 1.39. The molecule has 0 radical (unpaired) electrons.